The number of halogens is 4. The maximum atomic E-state index is 12.3. The Morgan fingerprint density at radius 2 is 2.09 bits per heavy atom. The van der Waals surface area contributed by atoms with Crippen molar-refractivity contribution in [2.75, 3.05) is 25.6 Å². The Morgan fingerprint density at radius 3 is 2.57 bits per heavy atom. The van der Waals surface area contributed by atoms with E-state index in [2.05, 4.69) is 10.1 Å². The molecule has 0 heterocycles. The lowest BCUT2D eigenvalue weighted by Gasteiger charge is -2.39. The monoisotopic (exact) mass is 351 g/mol. The third kappa shape index (κ3) is 4.51. The van der Waals surface area contributed by atoms with Crippen molar-refractivity contribution >= 4 is 23.2 Å². The molecule has 4 nitrogen and oxygen atoms in total. The van der Waals surface area contributed by atoms with Crippen LogP contribution in [0.25, 0.3) is 0 Å². The highest BCUT2D eigenvalue weighted by atomic mass is 35.5. The van der Waals surface area contributed by atoms with Crippen molar-refractivity contribution in [3.8, 4) is 5.75 Å². The van der Waals surface area contributed by atoms with Crippen molar-refractivity contribution in [3.05, 3.63) is 23.2 Å². The second-order valence-electron chi connectivity index (χ2n) is 5.57. The molecule has 0 bridgehead atoms. The van der Waals surface area contributed by atoms with Gasteiger partial charge in [0.2, 0.25) is 5.91 Å². The van der Waals surface area contributed by atoms with E-state index in [1.807, 2.05) is 0 Å². The van der Waals surface area contributed by atoms with Crippen molar-refractivity contribution in [2.45, 2.75) is 25.4 Å². The van der Waals surface area contributed by atoms with Crippen molar-refractivity contribution in [1.29, 1.82) is 0 Å². The predicted octanol–water partition coefficient (Wildman–Crippen LogP) is 4.04. The highest BCUT2D eigenvalue weighted by molar-refractivity contribution is 6.32. The summed E-state index contributed by atoms with van der Waals surface area (Å²) in [4.78, 5) is 12.3. The quantitative estimate of drug-likeness (QED) is 0.841. The molecule has 1 aromatic carbocycles. The number of benzene rings is 1. The van der Waals surface area contributed by atoms with Gasteiger partial charge in [-0.15, -0.1) is 0 Å². The lowest BCUT2D eigenvalue weighted by atomic mass is 9.68. The van der Waals surface area contributed by atoms with Gasteiger partial charge in [-0.2, -0.15) is 13.2 Å². The van der Waals surface area contributed by atoms with E-state index < -0.39 is 18.2 Å². The van der Waals surface area contributed by atoms with E-state index in [9.17, 15) is 18.0 Å². The first kappa shape index (κ1) is 17.9. The summed E-state index contributed by atoms with van der Waals surface area (Å²) < 4.78 is 46.1. The van der Waals surface area contributed by atoms with Crippen LogP contribution in [0.2, 0.25) is 5.02 Å². The summed E-state index contributed by atoms with van der Waals surface area (Å²) in [6.45, 7) is -1.09. The molecule has 0 aromatic heterocycles. The van der Waals surface area contributed by atoms with Gasteiger partial charge in [0.15, 0.2) is 6.61 Å². The second-order valence-corrected chi connectivity index (χ2v) is 5.98. The number of hydrogen-bond donors (Lipinski definition) is 1. The summed E-state index contributed by atoms with van der Waals surface area (Å²) in [5, 5.41) is 2.73. The van der Waals surface area contributed by atoms with Gasteiger partial charge >= 0.3 is 6.18 Å². The Kier molecular flexibility index (Phi) is 5.41. The third-order valence-electron chi connectivity index (χ3n) is 3.79. The Balaban J connectivity index is 2.01. The fourth-order valence-electron chi connectivity index (χ4n) is 2.44. The van der Waals surface area contributed by atoms with Gasteiger partial charge in [0.25, 0.3) is 0 Å². The first-order chi connectivity index (χ1) is 10.8. The molecule has 1 N–H and O–H groups in total. The zero-order chi connectivity index (χ0) is 17.1. The lowest BCUT2D eigenvalue weighted by molar-refractivity contribution is -0.153. The number of alkyl halides is 3. The van der Waals surface area contributed by atoms with Gasteiger partial charge < -0.3 is 14.8 Å². The Bertz CT molecular complexity index is 574. The number of methoxy groups -OCH3 is 1. The minimum atomic E-state index is -4.44. The minimum Gasteiger partial charge on any atom is -0.483 e. The van der Waals surface area contributed by atoms with Crippen LogP contribution in [0.1, 0.15) is 19.3 Å². The van der Waals surface area contributed by atoms with Gasteiger partial charge in [0.1, 0.15) is 5.75 Å². The van der Waals surface area contributed by atoms with E-state index in [0.717, 1.165) is 19.3 Å². The highest BCUT2D eigenvalue weighted by Gasteiger charge is 2.44. The molecule has 1 amide bonds. The van der Waals surface area contributed by atoms with Crippen LogP contribution in [-0.4, -0.2) is 32.4 Å². The summed E-state index contributed by atoms with van der Waals surface area (Å²) in [7, 11) is 1.54. The van der Waals surface area contributed by atoms with Gasteiger partial charge in [-0.05, 0) is 31.0 Å². The Labute approximate surface area is 136 Å². The molecule has 0 atom stereocenters. The Hall–Kier alpha value is -1.47. The lowest BCUT2D eigenvalue weighted by Crippen LogP contribution is -2.45. The van der Waals surface area contributed by atoms with Crippen LogP contribution < -0.4 is 10.1 Å². The third-order valence-corrected chi connectivity index (χ3v) is 4.09. The van der Waals surface area contributed by atoms with E-state index in [1.54, 1.807) is 0 Å². The van der Waals surface area contributed by atoms with Crippen LogP contribution >= 0.6 is 11.6 Å². The minimum absolute atomic E-state index is 0.00134. The molecule has 0 unspecified atom stereocenters. The molecule has 23 heavy (non-hydrogen) atoms. The van der Waals surface area contributed by atoms with Crippen LogP contribution in [-0.2, 0) is 9.53 Å². The van der Waals surface area contributed by atoms with Gasteiger partial charge in [-0.1, -0.05) is 18.0 Å². The van der Waals surface area contributed by atoms with Crippen molar-refractivity contribution in [3.63, 3.8) is 0 Å². The molecule has 0 spiro atoms. The van der Waals surface area contributed by atoms with E-state index in [0.29, 0.717) is 12.3 Å². The van der Waals surface area contributed by atoms with E-state index in [1.165, 1.54) is 25.3 Å². The number of nitrogens with one attached hydrogen (secondary N) is 1. The van der Waals surface area contributed by atoms with Crippen LogP contribution in [0.15, 0.2) is 18.2 Å². The number of amides is 1. The number of carbonyl (C=O) groups is 1. The maximum absolute atomic E-state index is 12.3. The fourth-order valence-corrected chi connectivity index (χ4v) is 2.67. The van der Waals surface area contributed by atoms with E-state index in [-0.39, 0.29) is 16.7 Å². The van der Waals surface area contributed by atoms with E-state index >= 15 is 0 Å². The molecule has 1 aromatic rings. The predicted molar refractivity (Wildman–Crippen MR) is 79.8 cm³/mol. The SMILES string of the molecule is COCC1(C(=O)Nc2ccc(OCC(F)(F)F)c(Cl)c2)CCC1. The molecular formula is C15H17ClF3NO3. The molecule has 0 saturated heterocycles. The molecule has 1 saturated carbocycles. The van der Waals surface area contributed by atoms with Gasteiger partial charge in [-0.3, -0.25) is 4.79 Å². The largest absolute Gasteiger partial charge is 0.483 e. The second kappa shape index (κ2) is 6.97. The summed E-state index contributed by atoms with van der Waals surface area (Å²) in [6, 6.07) is 4.12. The highest BCUT2D eigenvalue weighted by Crippen LogP contribution is 2.42. The molecule has 1 fully saturated rings. The van der Waals surface area contributed by atoms with Crippen LogP contribution in [0, 0.1) is 5.41 Å². The van der Waals surface area contributed by atoms with Crippen LogP contribution in [0.4, 0.5) is 18.9 Å². The zero-order valence-corrected chi connectivity index (χ0v) is 13.3. The molecular weight excluding hydrogens is 335 g/mol. The number of ether oxygens (including phenoxy) is 2. The topological polar surface area (TPSA) is 47.6 Å². The molecule has 2 rings (SSSR count). The summed E-state index contributed by atoms with van der Waals surface area (Å²) >= 11 is 5.90. The summed E-state index contributed by atoms with van der Waals surface area (Å²) in [5.74, 6) is -0.261. The fraction of sp³-hybridized carbons (Fsp3) is 0.533. The number of carbonyl (C=O) groups excluding carboxylic acids is 1. The molecule has 128 valence electrons. The number of hydrogen-bond acceptors (Lipinski definition) is 3. The van der Waals surface area contributed by atoms with Gasteiger partial charge in [-0.25, -0.2) is 0 Å². The Morgan fingerprint density at radius 1 is 1.39 bits per heavy atom. The van der Waals surface area contributed by atoms with Crippen molar-refractivity contribution in [2.24, 2.45) is 5.41 Å². The molecule has 0 aliphatic heterocycles. The maximum Gasteiger partial charge on any atom is 0.422 e. The standard InChI is InChI=1S/C15H17ClF3NO3/c1-22-8-14(5-2-6-14)13(21)20-10-3-4-12(11(16)7-10)23-9-15(17,18)19/h3-4,7H,2,5-6,8-9H2,1H3,(H,20,21). The first-order valence-electron chi connectivity index (χ1n) is 7.05. The normalized spacial score (nSPS) is 16.6. The average Bonchev–Trinajstić information content (AvgIpc) is 2.40. The van der Waals surface area contributed by atoms with Crippen LogP contribution in [0.3, 0.4) is 0 Å². The summed E-state index contributed by atoms with van der Waals surface area (Å²) in [6.07, 6.45) is -1.99. The van der Waals surface area contributed by atoms with Crippen molar-refractivity contribution < 1.29 is 27.4 Å². The summed E-state index contributed by atoms with van der Waals surface area (Å²) in [5.41, 5.74) is -0.131. The smallest absolute Gasteiger partial charge is 0.422 e. The first-order valence-corrected chi connectivity index (χ1v) is 7.43. The zero-order valence-electron chi connectivity index (χ0n) is 12.5. The molecule has 1 aliphatic carbocycles. The van der Waals surface area contributed by atoms with Gasteiger partial charge in [0, 0.05) is 12.8 Å². The average molecular weight is 352 g/mol. The van der Waals surface area contributed by atoms with Gasteiger partial charge in [0.05, 0.1) is 17.0 Å². The van der Waals surface area contributed by atoms with Crippen LogP contribution in [0.5, 0.6) is 5.75 Å². The molecule has 1 aliphatic rings. The molecule has 0 radical (unpaired) electrons. The van der Waals surface area contributed by atoms with Crippen molar-refractivity contribution in [1.82, 2.24) is 0 Å². The molecule has 8 heteroatoms. The number of anilines is 1. The van der Waals surface area contributed by atoms with E-state index in [4.69, 9.17) is 16.3 Å². The number of rotatable bonds is 6.